The van der Waals surface area contributed by atoms with Gasteiger partial charge in [0.15, 0.2) is 0 Å². The average molecular weight is 234 g/mol. The summed E-state index contributed by atoms with van der Waals surface area (Å²) in [5, 5.41) is 3.29. The molecule has 0 radical (unpaired) electrons. The number of carbonyl (C=O) groups is 1. The van der Waals surface area contributed by atoms with Gasteiger partial charge in [0, 0.05) is 12.7 Å². The molecule has 0 saturated heterocycles. The first-order chi connectivity index (χ1) is 8.16. The van der Waals surface area contributed by atoms with Crippen molar-refractivity contribution < 1.29 is 9.53 Å². The fourth-order valence-electron chi connectivity index (χ4n) is 2.03. The predicted molar refractivity (Wildman–Crippen MR) is 64.2 cm³/mol. The summed E-state index contributed by atoms with van der Waals surface area (Å²) in [6.07, 6.45) is 3.92. The van der Waals surface area contributed by atoms with Crippen LogP contribution in [0.15, 0.2) is 24.4 Å². The molecule has 0 amide bonds. The number of rotatable bonds is 5. The maximum absolute atomic E-state index is 11.8. The van der Waals surface area contributed by atoms with Crippen molar-refractivity contribution in [3.63, 3.8) is 0 Å². The van der Waals surface area contributed by atoms with Crippen LogP contribution in [-0.2, 0) is 16.1 Å². The Morgan fingerprint density at radius 2 is 2.35 bits per heavy atom. The van der Waals surface area contributed by atoms with Crippen LogP contribution in [0.25, 0.3) is 0 Å². The second-order valence-electron chi connectivity index (χ2n) is 4.64. The van der Waals surface area contributed by atoms with Crippen LogP contribution in [0.2, 0.25) is 0 Å². The molecule has 92 valence electrons. The minimum absolute atomic E-state index is 0.184. The molecule has 1 aliphatic rings. The summed E-state index contributed by atoms with van der Waals surface area (Å²) in [5.74, 6) is 0.203. The highest BCUT2D eigenvalue weighted by molar-refractivity contribution is 5.81. The van der Waals surface area contributed by atoms with Crippen LogP contribution in [0.5, 0.6) is 0 Å². The quantitative estimate of drug-likeness (QED) is 0.785. The first kappa shape index (κ1) is 12.0. The van der Waals surface area contributed by atoms with Gasteiger partial charge in [0.1, 0.15) is 5.54 Å². The van der Waals surface area contributed by atoms with Gasteiger partial charge < -0.3 is 4.74 Å². The molecule has 1 aromatic rings. The summed E-state index contributed by atoms with van der Waals surface area (Å²) >= 11 is 0. The number of pyridine rings is 1. The van der Waals surface area contributed by atoms with Gasteiger partial charge in [0.05, 0.1) is 12.8 Å². The minimum atomic E-state index is -0.577. The lowest BCUT2D eigenvalue weighted by Gasteiger charge is -2.27. The van der Waals surface area contributed by atoms with Crippen LogP contribution in [0.3, 0.4) is 0 Å². The Hall–Kier alpha value is -1.42. The number of esters is 1. The molecular weight excluding hydrogens is 216 g/mol. The number of ether oxygens (including phenoxy) is 1. The van der Waals surface area contributed by atoms with Crippen molar-refractivity contribution in [2.45, 2.75) is 31.8 Å². The number of hydrogen-bond acceptors (Lipinski definition) is 4. The zero-order valence-electron chi connectivity index (χ0n) is 10.3. The van der Waals surface area contributed by atoms with Gasteiger partial charge >= 0.3 is 5.97 Å². The van der Waals surface area contributed by atoms with Crippen molar-refractivity contribution in [3.05, 3.63) is 30.1 Å². The number of methoxy groups -OCH3 is 1. The third-order valence-corrected chi connectivity index (χ3v) is 3.37. The van der Waals surface area contributed by atoms with Gasteiger partial charge in [-0.3, -0.25) is 15.1 Å². The summed E-state index contributed by atoms with van der Waals surface area (Å²) in [6, 6.07) is 5.76. The van der Waals surface area contributed by atoms with E-state index in [1.54, 1.807) is 6.20 Å². The van der Waals surface area contributed by atoms with Gasteiger partial charge in [-0.15, -0.1) is 0 Å². The zero-order chi connectivity index (χ0) is 12.3. The van der Waals surface area contributed by atoms with Crippen LogP contribution in [0.4, 0.5) is 0 Å². The Labute approximate surface area is 101 Å². The van der Waals surface area contributed by atoms with Gasteiger partial charge in [-0.25, -0.2) is 0 Å². The molecule has 1 aliphatic carbocycles. The molecule has 1 heterocycles. The second-order valence-corrected chi connectivity index (χ2v) is 4.64. The minimum Gasteiger partial charge on any atom is -0.468 e. The predicted octanol–water partition coefficient (Wildman–Crippen LogP) is 1.51. The van der Waals surface area contributed by atoms with Gasteiger partial charge in [0.25, 0.3) is 0 Å². The lowest BCUT2D eigenvalue weighted by molar-refractivity contribution is -0.149. The lowest BCUT2D eigenvalue weighted by atomic mass is 9.96. The van der Waals surface area contributed by atoms with Crippen molar-refractivity contribution in [1.82, 2.24) is 10.3 Å². The van der Waals surface area contributed by atoms with Crippen LogP contribution < -0.4 is 5.32 Å². The van der Waals surface area contributed by atoms with Crippen LogP contribution in [0, 0.1) is 5.92 Å². The van der Waals surface area contributed by atoms with E-state index in [1.165, 1.54) is 7.11 Å². The number of nitrogens with one attached hydrogen (secondary N) is 1. The van der Waals surface area contributed by atoms with Crippen LogP contribution in [0.1, 0.15) is 25.5 Å². The topological polar surface area (TPSA) is 51.2 Å². The number of hydrogen-bond donors (Lipinski definition) is 1. The van der Waals surface area contributed by atoms with E-state index < -0.39 is 5.54 Å². The van der Waals surface area contributed by atoms with E-state index in [0.717, 1.165) is 18.5 Å². The summed E-state index contributed by atoms with van der Waals surface area (Å²) < 4.78 is 4.88. The SMILES string of the molecule is COC(=O)C(C)(NCc1ccccn1)C1CC1. The zero-order valence-corrected chi connectivity index (χ0v) is 10.3. The molecule has 1 atom stereocenters. The molecule has 4 nitrogen and oxygen atoms in total. The van der Waals surface area contributed by atoms with Crippen molar-refractivity contribution >= 4 is 5.97 Å². The molecule has 1 N–H and O–H groups in total. The smallest absolute Gasteiger partial charge is 0.326 e. The molecule has 0 aromatic carbocycles. The van der Waals surface area contributed by atoms with Crippen molar-refractivity contribution in [2.75, 3.05) is 7.11 Å². The van der Waals surface area contributed by atoms with E-state index in [-0.39, 0.29) is 5.97 Å². The second kappa shape index (κ2) is 4.84. The number of aromatic nitrogens is 1. The first-order valence-electron chi connectivity index (χ1n) is 5.90. The summed E-state index contributed by atoms with van der Waals surface area (Å²) in [5.41, 5.74) is 0.356. The standard InChI is InChI=1S/C13H18N2O2/c1-13(10-6-7-10,12(16)17-2)15-9-11-5-3-4-8-14-11/h3-5,8,10,15H,6-7,9H2,1-2H3. The maximum Gasteiger partial charge on any atom is 0.326 e. The van der Waals surface area contributed by atoms with Gasteiger partial charge in [-0.1, -0.05) is 6.07 Å². The van der Waals surface area contributed by atoms with Gasteiger partial charge in [-0.05, 0) is 37.8 Å². The normalized spacial score (nSPS) is 18.5. The third kappa shape index (κ3) is 2.64. The Bertz CT molecular complexity index is 390. The van der Waals surface area contributed by atoms with Gasteiger partial charge in [-0.2, -0.15) is 0 Å². The first-order valence-corrected chi connectivity index (χ1v) is 5.90. The molecule has 17 heavy (non-hydrogen) atoms. The molecular formula is C13H18N2O2. The summed E-state index contributed by atoms with van der Waals surface area (Å²) in [6.45, 7) is 2.50. The molecule has 0 spiro atoms. The fraction of sp³-hybridized carbons (Fsp3) is 0.538. The van der Waals surface area contributed by atoms with E-state index in [9.17, 15) is 4.79 Å². The lowest BCUT2D eigenvalue weighted by Crippen LogP contribution is -2.51. The average Bonchev–Trinajstić information content (AvgIpc) is 3.20. The van der Waals surface area contributed by atoms with E-state index in [4.69, 9.17) is 4.74 Å². The van der Waals surface area contributed by atoms with Crippen LogP contribution >= 0.6 is 0 Å². The molecule has 1 fully saturated rings. The summed E-state index contributed by atoms with van der Waals surface area (Å²) in [4.78, 5) is 16.1. The summed E-state index contributed by atoms with van der Waals surface area (Å²) in [7, 11) is 1.44. The number of carbonyl (C=O) groups excluding carboxylic acids is 1. The highest BCUT2D eigenvalue weighted by Crippen LogP contribution is 2.40. The Kier molecular flexibility index (Phi) is 3.43. The molecule has 0 aliphatic heterocycles. The Morgan fingerprint density at radius 1 is 1.59 bits per heavy atom. The molecule has 2 rings (SSSR count). The molecule has 1 unspecified atom stereocenters. The highest BCUT2D eigenvalue weighted by atomic mass is 16.5. The Balaban J connectivity index is 2.01. The number of nitrogens with zero attached hydrogens (tertiary/aromatic N) is 1. The fourth-order valence-corrected chi connectivity index (χ4v) is 2.03. The molecule has 1 aromatic heterocycles. The Morgan fingerprint density at radius 3 is 2.88 bits per heavy atom. The molecule has 1 saturated carbocycles. The van der Waals surface area contributed by atoms with Crippen molar-refractivity contribution in [2.24, 2.45) is 5.92 Å². The monoisotopic (exact) mass is 234 g/mol. The van der Waals surface area contributed by atoms with Gasteiger partial charge in [0.2, 0.25) is 0 Å². The van der Waals surface area contributed by atoms with Crippen molar-refractivity contribution in [3.8, 4) is 0 Å². The van der Waals surface area contributed by atoms with Crippen molar-refractivity contribution in [1.29, 1.82) is 0 Å². The molecule has 0 bridgehead atoms. The van der Waals surface area contributed by atoms with E-state index >= 15 is 0 Å². The van der Waals surface area contributed by atoms with E-state index in [0.29, 0.717) is 12.5 Å². The third-order valence-electron chi connectivity index (χ3n) is 3.37. The van der Waals surface area contributed by atoms with E-state index in [1.807, 2.05) is 25.1 Å². The van der Waals surface area contributed by atoms with Crippen LogP contribution in [-0.4, -0.2) is 23.6 Å². The van der Waals surface area contributed by atoms with E-state index in [2.05, 4.69) is 10.3 Å². The molecule has 4 heteroatoms. The highest BCUT2D eigenvalue weighted by Gasteiger charge is 2.47. The maximum atomic E-state index is 11.8. The largest absolute Gasteiger partial charge is 0.468 e.